The number of fused-ring (bicyclic) bond motifs is 1. The highest BCUT2D eigenvalue weighted by Gasteiger charge is 2.50. The van der Waals surface area contributed by atoms with Crippen LogP contribution < -0.4 is 0 Å². The average Bonchev–Trinajstić information content (AvgIpc) is 3.18. The lowest BCUT2D eigenvalue weighted by Crippen LogP contribution is -2.14. The summed E-state index contributed by atoms with van der Waals surface area (Å²) in [6.45, 7) is 0. The molecule has 0 saturated heterocycles. The van der Waals surface area contributed by atoms with Gasteiger partial charge in [-0.3, -0.25) is 0 Å². The van der Waals surface area contributed by atoms with Crippen LogP contribution >= 0.6 is 11.6 Å². The maximum atomic E-state index is 6.90. The summed E-state index contributed by atoms with van der Waals surface area (Å²) >= 11 is 6.90. The Morgan fingerprint density at radius 2 is 1.65 bits per heavy atom. The molecule has 0 N–H and O–H groups in total. The zero-order chi connectivity index (χ0) is 13.6. The smallest absolute Gasteiger partial charge is 0.0682 e. The van der Waals surface area contributed by atoms with Crippen molar-refractivity contribution in [3.63, 3.8) is 0 Å². The van der Waals surface area contributed by atoms with Crippen LogP contribution in [0.25, 0.3) is 0 Å². The number of aryl methyl sites for hydroxylation is 2. The second kappa shape index (κ2) is 4.63. The van der Waals surface area contributed by atoms with Gasteiger partial charge in [-0.15, -0.1) is 11.6 Å². The maximum absolute atomic E-state index is 6.90. The van der Waals surface area contributed by atoms with Crippen molar-refractivity contribution in [2.45, 2.75) is 42.9 Å². The summed E-state index contributed by atoms with van der Waals surface area (Å²) in [5.74, 6) is 0. The van der Waals surface area contributed by atoms with Gasteiger partial charge in [0.2, 0.25) is 0 Å². The lowest BCUT2D eigenvalue weighted by atomic mass is 9.87. The van der Waals surface area contributed by atoms with Gasteiger partial charge in [-0.25, -0.2) is 0 Å². The highest BCUT2D eigenvalue weighted by molar-refractivity contribution is 6.22. The normalized spacial score (nSPS) is 20.4. The Balaban J connectivity index is 1.69. The van der Waals surface area contributed by atoms with E-state index in [1.54, 1.807) is 0 Å². The molecule has 1 atom stereocenters. The van der Waals surface area contributed by atoms with Crippen LogP contribution in [0, 0.1) is 0 Å². The summed E-state index contributed by atoms with van der Waals surface area (Å²) in [5.41, 5.74) is 5.95. The minimum absolute atomic E-state index is 0.107. The van der Waals surface area contributed by atoms with E-state index in [4.69, 9.17) is 11.6 Å². The van der Waals surface area contributed by atoms with E-state index in [1.807, 2.05) is 0 Å². The van der Waals surface area contributed by atoms with Crippen LogP contribution in [0.15, 0.2) is 48.5 Å². The van der Waals surface area contributed by atoms with Crippen LogP contribution in [0.5, 0.6) is 0 Å². The molecule has 0 aliphatic heterocycles. The minimum Gasteiger partial charge on any atom is -0.117 e. The van der Waals surface area contributed by atoms with E-state index in [0.717, 1.165) is 0 Å². The second-order valence-electron chi connectivity index (χ2n) is 6.27. The number of hydrogen-bond donors (Lipinski definition) is 0. The van der Waals surface area contributed by atoms with E-state index in [9.17, 15) is 0 Å². The van der Waals surface area contributed by atoms with Crippen molar-refractivity contribution >= 4 is 11.6 Å². The van der Waals surface area contributed by atoms with E-state index in [-0.39, 0.29) is 10.8 Å². The van der Waals surface area contributed by atoms with Crippen molar-refractivity contribution in [2.75, 3.05) is 0 Å². The van der Waals surface area contributed by atoms with Gasteiger partial charge >= 0.3 is 0 Å². The molecule has 2 aromatic carbocycles. The SMILES string of the molecule is ClC(c1ccc2c(c1)CCC2)C1(c2ccccc2)CC1. The number of benzene rings is 2. The summed E-state index contributed by atoms with van der Waals surface area (Å²) in [7, 11) is 0. The Bertz CT molecular complexity index is 625. The summed E-state index contributed by atoms with van der Waals surface area (Å²) in [5, 5.41) is 0.107. The molecule has 2 aliphatic rings. The molecule has 0 spiro atoms. The fourth-order valence-corrected chi connectivity index (χ4v) is 4.14. The third kappa shape index (κ3) is 1.90. The number of halogens is 1. The molecule has 1 heteroatoms. The van der Waals surface area contributed by atoms with Gasteiger partial charge in [0.1, 0.15) is 0 Å². The predicted octanol–water partition coefficient (Wildman–Crippen LogP) is 5.19. The van der Waals surface area contributed by atoms with Crippen molar-refractivity contribution in [3.8, 4) is 0 Å². The summed E-state index contributed by atoms with van der Waals surface area (Å²) in [6, 6.07) is 17.7. The van der Waals surface area contributed by atoms with Crippen LogP contribution in [-0.2, 0) is 18.3 Å². The first kappa shape index (κ1) is 12.5. The van der Waals surface area contributed by atoms with Gasteiger partial charge in [0.25, 0.3) is 0 Å². The summed E-state index contributed by atoms with van der Waals surface area (Å²) < 4.78 is 0. The number of rotatable bonds is 3. The van der Waals surface area contributed by atoms with Crippen molar-refractivity contribution in [1.29, 1.82) is 0 Å². The van der Waals surface area contributed by atoms with Crippen LogP contribution in [-0.4, -0.2) is 0 Å². The molecule has 4 rings (SSSR count). The molecule has 0 heterocycles. The van der Waals surface area contributed by atoms with Crippen molar-refractivity contribution in [1.82, 2.24) is 0 Å². The first-order chi connectivity index (χ1) is 9.79. The summed E-state index contributed by atoms with van der Waals surface area (Å²) in [6.07, 6.45) is 6.19. The Labute approximate surface area is 125 Å². The molecular formula is C19H19Cl. The fourth-order valence-electron chi connectivity index (χ4n) is 3.66. The topological polar surface area (TPSA) is 0 Å². The number of alkyl halides is 1. The highest BCUT2D eigenvalue weighted by Crippen LogP contribution is 2.59. The zero-order valence-corrected chi connectivity index (χ0v) is 12.4. The van der Waals surface area contributed by atoms with Crippen molar-refractivity contribution in [2.24, 2.45) is 0 Å². The van der Waals surface area contributed by atoms with Gasteiger partial charge in [-0.1, -0.05) is 48.5 Å². The molecule has 102 valence electrons. The third-order valence-corrected chi connectivity index (χ3v) is 5.71. The van der Waals surface area contributed by atoms with Crippen LogP contribution in [0.4, 0.5) is 0 Å². The first-order valence-corrected chi connectivity index (χ1v) is 8.04. The van der Waals surface area contributed by atoms with Crippen LogP contribution in [0.2, 0.25) is 0 Å². The quantitative estimate of drug-likeness (QED) is 0.680. The van der Waals surface area contributed by atoms with Gasteiger partial charge in [0.15, 0.2) is 0 Å². The lowest BCUT2D eigenvalue weighted by molar-refractivity contribution is 0.662. The van der Waals surface area contributed by atoms with Crippen molar-refractivity contribution < 1.29 is 0 Å². The highest BCUT2D eigenvalue weighted by atomic mass is 35.5. The molecule has 2 aliphatic carbocycles. The molecular weight excluding hydrogens is 264 g/mol. The monoisotopic (exact) mass is 282 g/mol. The fraction of sp³-hybridized carbons (Fsp3) is 0.368. The van der Waals surface area contributed by atoms with Gasteiger partial charge in [0.05, 0.1) is 5.38 Å². The molecule has 0 nitrogen and oxygen atoms in total. The number of hydrogen-bond acceptors (Lipinski definition) is 0. The van der Waals surface area contributed by atoms with Crippen LogP contribution in [0.3, 0.4) is 0 Å². The van der Waals surface area contributed by atoms with Gasteiger partial charge in [-0.05, 0) is 54.4 Å². The van der Waals surface area contributed by atoms with Gasteiger partial charge < -0.3 is 0 Å². The minimum atomic E-state index is 0.107. The molecule has 0 bridgehead atoms. The largest absolute Gasteiger partial charge is 0.117 e. The Hall–Kier alpha value is -1.27. The first-order valence-electron chi connectivity index (χ1n) is 7.61. The maximum Gasteiger partial charge on any atom is 0.0682 e. The standard InChI is InChI=1S/C19H19Cl/c20-18(16-10-9-14-5-4-6-15(14)13-16)19(11-12-19)17-7-2-1-3-8-17/h1-3,7-10,13,18H,4-6,11-12H2. The lowest BCUT2D eigenvalue weighted by Gasteiger charge is -2.23. The Morgan fingerprint density at radius 3 is 2.40 bits per heavy atom. The molecule has 0 aromatic heterocycles. The average molecular weight is 283 g/mol. The molecule has 1 fully saturated rings. The van der Waals surface area contributed by atoms with E-state index < -0.39 is 0 Å². The van der Waals surface area contributed by atoms with Crippen molar-refractivity contribution in [3.05, 3.63) is 70.8 Å². The van der Waals surface area contributed by atoms with Crippen LogP contribution in [0.1, 0.15) is 46.9 Å². The predicted molar refractivity (Wildman–Crippen MR) is 84.4 cm³/mol. The van der Waals surface area contributed by atoms with Gasteiger partial charge in [0, 0.05) is 5.41 Å². The summed E-state index contributed by atoms with van der Waals surface area (Å²) in [4.78, 5) is 0. The molecule has 2 aromatic rings. The molecule has 1 saturated carbocycles. The molecule has 20 heavy (non-hydrogen) atoms. The second-order valence-corrected chi connectivity index (χ2v) is 6.70. The third-order valence-electron chi connectivity index (χ3n) is 5.04. The zero-order valence-electron chi connectivity index (χ0n) is 11.6. The van der Waals surface area contributed by atoms with E-state index in [2.05, 4.69) is 48.5 Å². The molecule has 0 amide bonds. The molecule has 1 unspecified atom stereocenters. The Kier molecular flexibility index (Phi) is 2.89. The molecule has 0 radical (unpaired) electrons. The van der Waals surface area contributed by atoms with E-state index in [1.165, 1.54) is 54.4 Å². The van der Waals surface area contributed by atoms with Gasteiger partial charge in [-0.2, -0.15) is 0 Å². The van der Waals surface area contributed by atoms with E-state index in [0.29, 0.717) is 0 Å². The van der Waals surface area contributed by atoms with E-state index >= 15 is 0 Å². The Morgan fingerprint density at radius 1 is 0.900 bits per heavy atom.